The maximum atomic E-state index is 6.02. The normalized spacial score (nSPS) is 13.8. The van der Waals surface area contributed by atoms with Crippen LogP contribution in [0.4, 0.5) is 0 Å². The summed E-state index contributed by atoms with van der Waals surface area (Å²) in [5.41, 5.74) is 2.05. The molecule has 1 nitrogen and oxygen atoms in total. The zero-order chi connectivity index (χ0) is 12.0. The van der Waals surface area contributed by atoms with Crippen LogP contribution in [-0.4, -0.2) is 19.9 Å². The molecule has 16 heavy (non-hydrogen) atoms. The van der Waals surface area contributed by atoms with Crippen molar-refractivity contribution in [2.24, 2.45) is 0 Å². The third kappa shape index (κ3) is 5.15. The average Bonchev–Trinajstić information content (AvgIpc) is 2.27. The highest BCUT2D eigenvalue weighted by Gasteiger charge is 2.23. The number of hydrogen-bond acceptors (Lipinski definition) is 1. The predicted molar refractivity (Wildman–Crippen MR) is 73.5 cm³/mol. The third-order valence-electron chi connectivity index (χ3n) is 2.52. The molecule has 0 saturated carbocycles. The Balaban J connectivity index is 2.33. The highest BCUT2D eigenvalue weighted by Crippen LogP contribution is 2.14. The average molecular weight is 257 g/mol. The van der Waals surface area contributed by atoms with Crippen LogP contribution in [-0.2, 0) is 10.8 Å². The Morgan fingerprint density at radius 1 is 1.25 bits per heavy atom. The van der Waals surface area contributed by atoms with E-state index in [2.05, 4.69) is 44.3 Å². The van der Waals surface area contributed by atoms with E-state index in [0.717, 1.165) is 12.8 Å². The maximum Gasteiger partial charge on any atom is 0.201 e. The molecule has 0 bridgehead atoms. The number of benzene rings is 1. The minimum Gasteiger partial charge on any atom is -0.414 e. The van der Waals surface area contributed by atoms with Crippen LogP contribution < -0.4 is 0 Å². The van der Waals surface area contributed by atoms with Gasteiger partial charge in [0.2, 0.25) is 8.32 Å². The topological polar surface area (TPSA) is 9.23 Å². The van der Waals surface area contributed by atoms with Crippen molar-refractivity contribution in [1.82, 2.24) is 0 Å². The van der Waals surface area contributed by atoms with Gasteiger partial charge in [-0.15, -0.1) is 11.6 Å². The molecule has 1 aromatic rings. The predicted octanol–water partition coefficient (Wildman–Crippen LogP) is 4.01. The zero-order valence-corrected chi connectivity index (χ0v) is 12.1. The molecule has 1 atom stereocenters. The highest BCUT2D eigenvalue weighted by atomic mass is 35.5. The van der Waals surface area contributed by atoms with Gasteiger partial charge in [0.15, 0.2) is 0 Å². The van der Waals surface area contributed by atoms with Crippen molar-refractivity contribution in [3.05, 3.63) is 35.9 Å². The standard InChI is InChI=1S/C13H21ClOSi/c1-12(15-16(2,3)11-14)9-10-13-7-5-4-6-8-13/h4-8,12H,9-11H2,1-3H3. The highest BCUT2D eigenvalue weighted by molar-refractivity contribution is 6.77. The van der Waals surface area contributed by atoms with Crippen molar-refractivity contribution in [3.63, 3.8) is 0 Å². The fraction of sp³-hybridized carbons (Fsp3) is 0.538. The molecule has 0 N–H and O–H groups in total. The molecule has 1 aromatic carbocycles. The fourth-order valence-corrected chi connectivity index (χ4v) is 3.11. The Morgan fingerprint density at radius 2 is 1.88 bits per heavy atom. The van der Waals surface area contributed by atoms with Crippen molar-refractivity contribution >= 4 is 19.9 Å². The van der Waals surface area contributed by atoms with Gasteiger partial charge in [0.25, 0.3) is 0 Å². The fourth-order valence-electron chi connectivity index (χ4n) is 1.65. The molecule has 0 aromatic heterocycles. The van der Waals surface area contributed by atoms with Gasteiger partial charge in [-0.3, -0.25) is 0 Å². The van der Waals surface area contributed by atoms with Crippen LogP contribution in [0.1, 0.15) is 18.9 Å². The van der Waals surface area contributed by atoms with Gasteiger partial charge >= 0.3 is 0 Å². The van der Waals surface area contributed by atoms with Crippen LogP contribution in [0.2, 0.25) is 13.1 Å². The van der Waals surface area contributed by atoms with E-state index in [1.54, 1.807) is 0 Å². The van der Waals surface area contributed by atoms with Crippen LogP contribution in [0.15, 0.2) is 30.3 Å². The monoisotopic (exact) mass is 256 g/mol. The largest absolute Gasteiger partial charge is 0.414 e. The van der Waals surface area contributed by atoms with Crippen LogP contribution in [0.3, 0.4) is 0 Å². The van der Waals surface area contributed by atoms with Crippen molar-refractivity contribution < 1.29 is 4.43 Å². The molecule has 0 saturated heterocycles. The minimum absolute atomic E-state index is 0.306. The molecular weight excluding hydrogens is 236 g/mol. The van der Waals surface area contributed by atoms with E-state index in [1.807, 2.05) is 6.07 Å². The summed E-state index contributed by atoms with van der Waals surface area (Å²) in [4.78, 5) is 0. The Bertz CT molecular complexity index is 300. The Kier molecular flexibility index (Phi) is 5.53. The van der Waals surface area contributed by atoms with Gasteiger partial charge in [0.05, 0.1) is 0 Å². The lowest BCUT2D eigenvalue weighted by Crippen LogP contribution is -2.37. The van der Waals surface area contributed by atoms with Crippen molar-refractivity contribution in [2.75, 3.05) is 5.50 Å². The SMILES string of the molecule is CC(CCc1ccccc1)O[Si](C)(C)CCl. The molecule has 0 aliphatic heterocycles. The van der Waals surface area contributed by atoms with E-state index in [9.17, 15) is 0 Å². The van der Waals surface area contributed by atoms with E-state index in [0.29, 0.717) is 11.6 Å². The zero-order valence-electron chi connectivity index (χ0n) is 10.4. The van der Waals surface area contributed by atoms with Gasteiger partial charge in [-0.2, -0.15) is 0 Å². The molecule has 90 valence electrons. The second kappa shape index (κ2) is 6.43. The number of rotatable bonds is 6. The van der Waals surface area contributed by atoms with Gasteiger partial charge in [0.1, 0.15) is 0 Å². The van der Waals surface area contributed by atoms with Crippen LogP contribution in [0, 0.1) is 0 Å². The Labute approximate surface area is 105 Å². The minimum atomic E-state index is -1.61. The van der Waals surface area contributed by atoms with Crippen LogP contribution in [0.25, 0.3) is 0 Å². The van der Waals surface area contributed by atoms with Gasteiger partial charge in [-0.1, -0.05) is 30.3 Å². The summed E-state index contributed by atoms with van der Waals surface area (Å²) in [6.45, 7) is 6.47. The second-order valence-electron chi connectivity index (χ2n) is 4.85. The first-order valence-electron chi connectivity index (χ1n) is 5.81. The Morgan fingerprint density at radius 3 is 2.44 bits per heavy atom. The van der Waals surface area contributed by atoms with E-state index in [1.165, 1.54) is 5.56 Å². The van der Waals surface area contributed by atoms with E-state index in [4.69, 9.17) is 16.0 Å². The van der Waals surface area contributed by atoms with Gasteiger partial charge in [-0.05, 0) is 38.4 Å². The van der Waals surface area contributed by atoms with Crippen LogP contribution >= 0.6 is 11.6 Å². The van der Waals surface area contributed by atoms with Gasteiger partial charge < -0.3 is 4.43 Å². The summed E-state index contributed by atoms with van der Waals surface area (Å²) in [5.74, 6) is 0. The molecule has 0 heterocycles. The third-order valence-corrected chi connectivity index (χ3v) is 6.14. The van der Waals surface area contributed by atoms with E-state index in [-0.39, 0.29) is 0 Å². The molecule has 3 heteroatoms. The molecule has 0 aliphatic rings. The molecule has 1 unspecified atom stereocenters. The summed E-state index contributed by atoms with van der Waals surface area (Å²) in [5, 5.41) is 0. The Hall–Kier alpha value is -0.313. The maximum absolute atomic E-state index is 6.02. The van der Waals surface area contributed by atoms with E-state index >= 15 is 0 Å². The summed E-state index contributed by atoms with van der Waals surface area (Å²) < 4.78 is 6.02. The molecule has 0 radical (unpaired) electrons. The summed E-state index contributed by atoms with van der Waals surface area (Å²) in [6.07, 6.45) is 2.45. The first kappa shape index (κ1) is 13.8. The van der Waals surface area contributed by atoms with Gasteiger partial charge in [0, 0.05) is 11.6 Å². The summed E-state index contributed by atoms with van der Waals surface area (Å²) in [6, 6.07) is 10.5. The first-order valence-corrected chi connectivity index (χ1v) is 9.46. The van der Waals surface area contributed by atoms with Gasteiger partial charge in [-0.25, -0.2) is 0 Å². The lowest BCUT2D eigenvalue weighted by Gasteiger charge is -2.25. The molecule has 0 aliphatic carbocycles. The molecule has 1 rings (SSSR count). The first-order chi connectivity index (χ1) is 7.53. The number of hydrogen-bond donors (Lipinski definition) is 0. The number of halogens is 1. The number of aryl methyl sites for hydroxylation is 1. The second-order valence-corrected chi connectivity index (χ2v) is 9.67. The van der Waals surface area contributed by atoms with Crippen molar-refractivity contribution in [1.29, 1.82) is 0 Å². The molecule has 0 fully saturated rings. The lowest BCUT2D eigenvalue weighted by molar-refractivity contribution is 0.203. The molecular formula is C13H21ClOSi. The smallest absolute Gasteiger partial charge is 0.201 e. The van der Waals surface area contributed by atoms with E-state index < -0.39 is 8.32 Å². The lowest BCUT2D eigenvalue weighted by atomic mass is 10.1. The summed E-state index contributed by atoms with van der Waals surface area (Å²) >= 11 is 5.89. The van der Waals surface area contributed by atoms with Crippen molar-refractivity contribution in [2.45, 2.75) is 39.0 Å². The number of alkyl halides is 1. The quantitative estimate of drug-likeness (QED) is 0.552. The van der Waals surface area contributed by atoms with Crippen molar-refractivity contribution in [3.8, 4) is 0 Å². The summed E-state index contributed by atoms with van der Waals surface area (Å²) in [7, 11) is -1.61. The molecule has 0 spiro atoms. The van der Waals surface area contributed by atoms with Crippen LogP contribution in [0.5, 0.6) is 0 Å². The molecule has 0 amide bonds.